The fourth-order valence-corrected chi connectivity index (χ4v) is 1.15. The second-order valence-electron chi connectivity index (χ2n) is 2.42. The summed E-state index contributed by atoms with van der Waals surface area (Å²) < 4.78 is 0. The van der Waals surface area contributed by atoms with Crippen molar-refractivity contribution in [1.82, 2.24) is 4.98 Å². The van der Waals surface area contributed by atoms with E-state index in [9.17, 15) is 0 Å². The van der Waals surface area contributed by atoms with Crippen LogP contribution in [0.3, 0.4) is 0 Å². The van der Waals surface area contributed by atoms with Crippen LogP contribution in [0.25, 0.3) is 10.9 Å². The molecule has 0 aliphatic carbocycles. The molecule has 2 rings (SSSR count). The average Bonchev–Trinajstić information content (AvgIpc) is 2.34. The molecule has 0 fully saturated rings. The number of benzene rings is 1. The Morgan fingerprint density at radius 3 is 2.73 bits per heavy atom. The first-order valence-electron chi connectivity index (χ1n) is 3.33. The molecule has 53 valence electrons. The van der Waals surface area contributed by atoms with Crippen LogP contribution in [0.5, 0.6) is 0 Å². The molecular weight excluding hydrogens is 211 g/mol. The minimum atomic E-state index is 0. The fourth-order valence-electron chi connectivity index (χ4n) is 1.15. The Kier molecular flexibility index (Phi) is 2.86. The summed E-state index contributed by atoms with van der Waals surface area (Å²) in [4.78, 5) is 3.06. The maximum Gasteiger partial charge on any atom is 0 e. The maximum absolute atomic E-state index is 3.06. The van der Waals surface area contributed by atoms with Crippen LogP contribution in [0, 0.1) is 13.1 Å². The van der Waals surface area contributed by atoms with Crippen LogP contribution in [0.1, 0.15) is 5.56 Å². The second kappa shape index (κ2) is 3.51. The van der Waals surface area contributed by atoms with Gasteiger partial charge < -0.3 is 4.98 Å². The number of aromatic nitrogens is 1. The molecule has 1 radical (unpaired) electrons. The van der Waals surface area contributed by atoms with Gasteiger partial charge in [-0.15, -0.1) is 23.8 Å². The molecule has 0 aliphatic rings. The Balaban J connectivity index is 0.000000605. The van der Waals surface area contributed by atoms with Crippen molar-refractivity contribution in [3.05, 3.63) is 36.0 Å². The molecule has 2 aromatic rings. The molecule has 0 unspecified atom stereocenters. The van der Waals surface area contributed by atoms with Crippen LogP contribution in [-0.4, -0.2) is 4.98 Å². The van der Waals surface area contributed by atoms with Gasteiger partial charge in [-0.05, 0) is 0 Å². The van der Waals surface area contributed by atoms with Gasteiger partial charge in [0.2, 0.25) is 0 Å². The number of aryl methyl sites for hydroxylation is 1. The normalized spacial score (nSPS) is 9.55. The largest absolute Gasteiger partial charge is 0.477 e. The van der Waals surface area contributed by atoms with Crippen molar-refractivity contribution in [1.29, 1.82) is 0 Å². The van der Waals surface area contributed by atoms with Gasteiger partial charge in [-0.25, -0.2) is 0 Å². The minimum Gasteiger partial charge on any atom is -0.477 e. The molecule has 0 saturated heterocycles. The molecule has 0 aliphatic heterocycles. The summed E-state index contributed by atoms with van der Waals surface area (Å²) >= 11 is 0. The number of H-pyrrole nitrogens is 1. The summed E-state index contributed by atoms with van der Waals surface area (Å²) in [6.07, 6.45) is 3.05. The first-order valence-corrected chi connectivity index (χ1v) is 3.33. The number of hydrogen-bond acceptors (Lipinski definition) is 0. The third-order valence-corrected chi connectivity index (χ3v) is 1.72. The Bertz CT molecular complexity index is 351. The van der Waals surface area contributed by atoms with E-state index in [0.29, 0.717) is 0 Å². The first-order chi connectivity index (χ1) is 4.88. The van der Waals surface area contributed by atoms with E-state index in [1.165, 1.54) is 16.5 Å². The van der Waals surface area contributed by atoms with Crippen LogP contribution in [-0.2, 0) is 32.7 Å². The zero-order valence-electron chi connectivity index (χ0n) is 6.39. The Morgan fingerprint density at radius 1 is 1.27 bits per heavy atom. The standard InChI is InChI=1S/C9H8N.Y/c1-7-6-10-9-5-3-2-4-8(7)9;/h2-5,10H,1H3;/q-1;. The first kappa shape index (κ1) is 8.96. The van der Waals surface area contributed by atoms with Crippen LogP contribution < -0.4 is 0 Å². The van der Waals surface area contributed by atoms with E-state index in [0.717, 1.165) is 0 Å². The monoisotopic (exact) mass is 219 g/mol. The van der Waals surface area contributed by atoms with Gasteiger partial charge in [-0.3, -0.25) is 0 Å². The van der Waals surface area contributed by atoms with Gasteiger partial charge in [0.05, 0.1) is 0 Å². The van der Waals surface area contributed by atoms with E-state index in [-0.39, 0.29) is 32.7 Å². The summed E-state index contributed by atoms with van der Waals surface area (Å²) in [5.41, 5.74) is 2.36. The molecule has 1 N–H and O–H groups in total. The van der Waals surface area contributed by atoms with Crippen molar-refractivity contribution in [2.45, 2.75) is 6.92 Å². The summed E-state index contributed by atoms with van der Waals surface area (Å²) in [5, 5.41) is 1.27. The van der Waals surface area contributed by atoms with Crippen molar-refractivity contribution < 1.29 is 32.7 Å². The predicted octanol–water partition coefficient (Wildman–Crippen LogP) is 2.27. The summed E-state index contributed by atoms with van der Waals surface area (Å²) in [5.74, 6) is 0. The molecule has 1 heterocycles. The van der Waals surface area contributed by atoms with Crippen molar-refractivity contribution in [2.75, 3.05) is 0 Å². The van der Waals surface area contributed by atoms with Gasteiger partial charge in [0.15, 0.2) is 0 Å². The van der Waals surface area contributed by atoms with Crippen molar-refractivity contribution in [3.63, 3.8) is 0 Å². The number of aromatic amines is 1. The summed E-state index contributed by atoms with van der Waals surface area (Å²) in [7, 11) is 0. The van der Waals surface area contributed by atoms with Crippen LogP contribution in [0.15, 0.2) is 24.3 Å². The number of para-hydroxylation sites is 1. The summed E-state index contributed by atoms with van der Waals surface area (Å²) in [6.45, 7) is 2.05. The molecule has 1 aromatic carbocycles. The van der Waals surface area contributed by atoms with Gasteiger partial charge in [0, 0.05) is 32.7 Å². The predicted molar refractivity (Wildman–Crippen MR) is 41.9 cm³/mol. The van der Waals surface area contributed by atoms with Crippen LogP contribution >= 0.6 is 0 Å². The van der Waals surface area contributed by atoms with Gasteiger partial charge >= 0.3 is 0 Å². The number of rotatable bonds is 0. The molecule has 0 saturated carbocycles. The van der Waals surface area contributed by atoms with E-state index >= 15 is 0 Å². The number of hydrogen-bond donors (Lipinski definition) is 1. The van der Waals surface area contributed by atoms with Gasteiger partial charge in [0.1, 0.15) is 0 Å². The van der Waals surface area contributed by atoms with E-state index in [4.69, 9.17) is 0 Å². The maximum atomic E-state index is 3.06. The molecule has 0 bridgehead atoms. The Hall–Kier alpha value is -0.136. The van der Waals surface area contributed by atoms with E-state index in [1.807, 2.05) is 12.1 Å². The molecule has 11 heavy (non-hydrogen) atoms. The molecule has 1 nitrogen and oxygen atoms in total. The van der Waals surface area contributed by atoms with E-state index in [1.54, 1.807) is 0 Å². The quantitative estimate of drug-likeness (QED) is 0.654. The fraction of sp³-hybridized carbons (Fsp3) is 0.111. The van der Waals surface area contributed by atoms with E-state index in [2.05, 4.69) is 30.2 Å². The summed E-state index contributed by atoms with van der Waals surface area (Å²) in [6, 6.07) is 8.21. The van der Waals surface area contributed by atoms with Crippen molar-refractivity contribution in [2.24, 2.45) is 0 Å². The SMILES string of the molecule is Cc1[c-][nH]c2ccccc12.[Y]. The number of fused-ring (bicyclic) bond motifs is 1. The average molecular weight is 219 g/mol. The molecule has 0 atom stereocenters. The van der Waals surface area contributed by atoms with Crippen molar-refractivity contribution >= 4 is 10.9 Å². The number of nitrogens with one attached hydrogen (secondary N) is 1. The zero-order chi connectivity index (χ0) is 6.97. The molecule has 2 heteroatoms. The van der Waals surface area contributed by atoms with Crippen LogP contribution in [0.2, 0.25) is 0 Å². The third-order valence-electron chi connectivity index (χ3n) is 1.72. The smallest absolute Gasteiger partial charge is 0 e. The topological polar surface area (TPSA) is 15.8 Å². The van der Waals surface area contributed by atoms with E-state index < -0.39 is 0 Å². The molecular formula is C9H8NY-. The zero-order valence-corrected chi connectivity index (χ0v) is 9.23. The van der Waals surface area contributed by atoms with Gasteiger partial charge in [-0.2, -0.15) is 10.9 Å². The van der Waals surface area contributed by atoms with Crippen LogP contribution in [0.4, 0.5) is 0 Å². The Morgan fingerprint density at radius 2 is 2.00 bits per heavy atom. The third kappa shape index (κ3) is 1.55. The molecule has 0 amide bonds. The second-order valence-corrected chi connectivity index (χ2v) is 2.42. The minimum absolute atomic E-state index is 0. The Labute approximate surface area is 91.1 Å². The molecule has 1 aromatic heterocycles. The van der Waals surface area contributed by atoms with Gasteiger partial charge in [-0.1, -0.05) is 19.1 Å². The van der Waals surface area contributed by atoms with Gasteiger partial charge in [0.25, 0.3) is 0 Å². The van der Waals surface area contributed by atoms with Crippen molar-refractivity contribution in [3.8, 4) is 0 Å². The molecule has 0 spiro atoms.